The third-order valence-corrected chi connectivity index (χ3v) is 16.1. The summed E-state index contributed by atoms with van der Waals surface area (Å²) in [5.41, 5.74) is -0.0473. The fourth-order valence-electron chi connectivity index (χ4n) is 13.3. The Morgan fingerprint density at radius 1 is 0.635 bits per heavy atom. The maximum Gasteiger partial charge on any atom is 0.197 e. The SMILES string of the molecule is C[C@@H]1CO[C@@]2(O[C@H]3C[C@H]4[C@@H]5C[C@H](O)[C@H]6C[C@@H](O[C@@H]7O[C@H](C)[C@@H](O)[C@H](O)[C@H]7O[C@@H]7O[C@H](C)[C@H](O)[C@H](O)[C@H]7O)CC[C@]6(C)[C@H]5CC[C@]4(C)[C@H]3[C@@H]2C)[C@H](O)C1. The predicted molar refractivity (Wildman–Crippen MR) is 183 cm³/mol. The molecule has 4 heterocycles. The normalized spacial score (nSPS) is 61.9. The molecule has 0 aromatic heterocycles. The van der Waals surface area contributed by atoms with E-state index in [0.29, 0.717) is 49.0 Å². The van der Waals surface area contributed by atoms with Gasteiger partial charge >= 0.3 is 0 Å². The number of hydrogen-bond donors (Lipinski definition) is 7. The summed E-state index contributed by atoms with van der Waals surface area (Å²) >= 11 is 0. The van der Waals surface area contributed by atoms with Gasteiger partial charge in [-0.25, -0.2) is 0 Å². The molecule has 8 aliphatic rings. The molecule has 52 heavy (non-hydrogen) atoms. The van der Waals surface area contributed by atoms with Crippen LogP contribution < -0.4 is 0 Å². The van der Waals surface area contributed by atoms with E-state index in [-0.39, 0.29) is 34.9 Å². The van der Waals surface area contributed by atoms with Crippen molar-refractivity contribution >= 4 is 0 Å². The minimum Gasteiger partial charge on any atom is -0.393 e. The molecule has 0 bridgehead atoms. The van der Waals surface area contributed by atoms with Crippen LogP contribution in [0.3, 0.4) is 0 Å². The number of aliphatic hydroxyl groups excluding tert-OH is 7. The zero-order valence-electron chi connectivity index (χ0n) is 31.6. The van der Waals surface area contributed by atoms with Crippen LogP contribution in [0.5, 0.6) is 0 Å². The van der Waals surface area contributed by atoms with Crippen LogP contribution in [0, 0.1) is 52.3 Å². The van der Waals surface area contributed by atoms with Crippen molar-refractivity contribution in [3.05, 3.63) is 0 Å². The first-order chi connectivity index (χ1) is 24.5. The second kappa shape index (κ2) is 13.6. The highest BCUT2D eigenvalue weighted by Gasteiger charge is 2.71. The number of fused-ring (bicyclic) bond motifs is 7. The molecule has 4 saturated carbocycles. The topological polar surface area (TPSA) is 197 Å². The van der Waals surface area contributed by atoms with Crippen LogP contribution in [0.25, 0.3) is 0 Å². The fraction of sp³-hybridized carbons (Fsp3) is 1.00. The van der Waals surface area contributed by atoms with E-state index in [9.17, 15) is 35.7 Å². The van der Waals surface area contributed by atoms with Crippen LogP contribution in [0.2, 0.25) is 0 Å². The summed E-state index contributed by atoms with van der Waals surface area (Å²) in [7, 11) is 0. The summed E-state index contributed by atoms with van der Waals surface area (Å²) in [5.74, 6) is 1.02. The van der Waals surface area contributed by atoms with Crippen LogP contribution in [0.4, 0.5) is 0 Å². The zero-order chi connectivity index (χ0) is 37.2. The molecule has 0 unspecified atom stereocenters. The monoisotopic (exact) mass is 740 g/mol. The lowest BCUT2D eigenvalue weighted by Gasteiger charge is -2.62. The Morgan fingerprint density at radius 3 is 2.02 bits per heavy atom. The highest BCUT2D eigenvalue weighted by molar-refractivity contribution is 5.17. The Labute approximate surface area is 307 Å². The van der Waals surface area contributed by atoms with E-state index in [1.54, 1.807) is 13.8 Å². The van der Waals surface area contributed by atoms with Crippen molar-refractivity contribution in [2.75, 3.05) is 6.61 Å². The minimum atomic E-state index is -1.60. The molecule has 13 nitrogen and oxygen atoms in total. The van der Waals surface area contributed by atoms with Gasteiger partial charge in [0.1, 0.15) is 42.7 Å². The molecular weight excluding hydrogens is 676 g/mol. The second-order valence-corrected chi connectivity index (χ2v) is 18.9. The Morgan fingerprint density at radius 2 is 1.31 bits per heavy atom. The summed E-state index contributed by atoms with van der Waals surface area (Å²) < 4.78 is 37.4. The van der Waals surface area contributed by atoms with E-state index < -0.39 is 79.4 Å². The molecule has 1 spiro atoms. The van der Waals surface area contributed by atoms with Gasteiger partial charge < -0.3 is 64.2 Å². The first-order valence-electron chi connectivity index (χ1n) is 20.2. The molecule has 8 fully saturated rings. The lowest BCUT2D eigenvalue weighted by molar-refractivity contribution is -0.368. The maximum absolute atomic E-state index is 12.0. The van der Waals surface area contributed by atoms with Gasteiger partial charge in [0.25, 0.3) is 0 Å². The molecule has 7 N–H and O–H groups in total. The summed E-state index contributed by atoms with van der Waals surface area (Å²) in [6.07, 6.45) is -7.25. The third-order valence-electron chi connectivity index (χ3n) is 16.1. The van der Waals surface area contributed by atoms with Gasteiger partial charge in [-0.1, -0.05) is 27.7 Å². The lowest BCUT2D eigenvalue weighted by Crippen LogP contribution is -2.64. The highest BCUT2D eigenvalue weighted by Crippen LogP contribution is 2.71. The van der Waals surface area contributed by atoms with Crippen LogP contribution in [-0.4, -0.2) is 134 Å². The number of hydrogen-bond acceptors (Lipinski definition) is 13. The molecule has 4 saturated heterocycles. The van der Waals surface area contributed by atoms with E-state index in [4.69, 9.17) is 28.4 Å². The van der Waals surface area contributed by atoms with Crippen molar-refractivity contribution in [1.82, 2.24) is 0 Å². The van der Waals surface area contributed by atoms with Gasteiger partial charge in [0, 0.05) is 5.92 Å². The minimum absolute atomic E-state index is 0.000794. The Kier molecular flexibility index (Phi) is 10.0. The molecule has 4 aliphatic carbocycles. The first-order valence-corrected chi connectivity index (χ1v) is 20.2. The second-order valence-electron chi connectivity index (χ2n) is 18.9. The number of aliphatic hydroxyl groups is 7. The van der Waals surface area contributed by atoms with Crippen molar-refractivity contribution in [3.8, 4) is 0 Å². The van der Waals surface area contributed by atoms with Crippen molar-refractivity contribution in [3.63, 3.8) is 0 Å². The number of rotatable bonds is 4. The smallest absolute Gasteiger partial charge is 0.197 e. The zero-order valence-corrected chi connectivity index (χ0v) is 31.6. The molecule has 4 aliphatic heterocycles. The van der Waals surface area contributed by atoms with E-state index in [2.05, 4.69) is 27.7 Å². The van der Waals surface area contributed by atoms with Gasteiger partial charge in [-0.15, -0.1) is 0 Å². The molecule has 13 heteroatoms. The van der Waals surface area contributed by atoms with Gasteiger partial charge in [0.15, 0.2) is 18.4 Å². The molecule has 0 aromatic rings. The summed E-state index contributed by atoms with van der Waals surface area (Å²) in [4.78, 5) is 0. The van der Waals surface area contributed by atoms with Crippen molar-refractivity contribution in [2.45, 2.75) is 185 Å². The molecule has 0 aromatic carbocycles. The van der Waals surface area contributed by atoms with Crippen molar-refractivity contribution in [1.29, 1.82) is 0 Å². The lowest BCUT2D eigenvalue weighted by atomic mass is 9.43. The predicted octanol–water partition coefficient (Wildman–Crippen LogP) is 1.44. The molecular formula is C39H64O13. The van der Waals surface area contributed by atoms with Crippen LogP contribution >= 0.6 is 0 Å². The Bertz CT molecular complexity index is 1310. The van der Waals surface area contributed by atoms with Crippen molar-refractivity contribution in [2.24, 2.45) is 52.3 Å². The van der Waals surface area contributed by atoms with E-state index in [1.807, 2.05) is 0 Å². The quantitative estimate of drug-likeness (QED) is 0.205. The average molecular weight is 741 g/mol. The third kappa shape index (κ3) is 5.73. The first kappa shape index (κ1) is 38.4. The molecule has 8 rings (SSSR count). The van der Waals surface area contributed by atoms with Crippen LogP contribution in [0.15, 0.2) is 0 Å². The van der Waals surface area contributed by atoms with Gasteiger partial charge in [0.2, 0.25) is 0 Å². The summed E-state index contributed by atoms with van der Waals surface area (Å²) in [6, 6.07) is 0. The van der Waals surface area contributed by atoms with E-state index >= 15 is 0 Å². The van der Waals surface area contributed by atoms with Gasteiger partial charge in [-0.3, -0.25) is 0 Å². The largest absolute Gasteiger partial charge is 0.393 e. The summed E-state index contributed by atoms with van der Waals surface area (Å²) in [5, 5.41) is 76.2. The standard InChI is InChI=1S/C39H64O13/c1-16-11-27(41)39(47-15-16)17(2)28-26(52-39)14-23-21-13-25(40)24-12-20(7-9-37(24,5)22(21)8-10-38(23,28)6)50-36-34(32(45)30(43)19(4)49-36)51-35-33(46)31(44)29(42)18(3)48-35/h16-36,40-46H,7-15H2,1-6H3/t16-,17-,18+,19+,20-,21+,22-,23-,24+,25-,26-,27+,28-,29-,30+,31-,32-,33+,34+,35-,36-,37+,38-,39-/m0/s1. The Hall–Kier alpha value is -0.520. The average Bonchev–Trinajstić information content (AvgIpc) is 3.56. The van der Waals surface area contributed by atoms with Gasteiger partial charge in [-0.05, 0) is 112 Å². The Balaban J connectivity index is 0.958. The summed E-state index contributed by atoms with van der Waals surface area (Å²) in [6.45, 7) is 12.9. The molecule has 0 radical (unpaired) electrons. The maximum atomic E-state index is 12.0. The van der Waals surface area contributed by atoms with Crippen LogP contribution in [-0.2, 0) is 28.4 Å². The van der Waals surface area contributed by atoms with E-state index in [1.165, 1.54) is 0 Å². The van der Waals surface area contributed by atoms with E-state index in [0.717, 1.165) is 38.5 Å². The van der Waals surface area contributed by atoms with Gasteiger partial charge in [0.05, 0.1) is 37.1 Å². The molecule has 24 atom stereocenters. The molecule has 298 valence electrons. The number of ether oxygens (including phenoxy) is 6. The van der Waals surface area contributed by atoms with Crippen molar-refractivity contribution < 1.29 is 64.2 Å². The highest BCUT2D eigenvalue weighted by atomic mass is 16.8. The molecule has 0 amide bonds. The van der Waals surface area contributed by atoms with Gasteiger partial charge in [-0.2, -0.15) is 0 Å². The van der Waals surface area contributed by atoms with Crippen LogP contribution in [0.1, 0.15) is 92.9 Å². The fourth-order valence-corrected chi connectivity index (χ4v) is 13.3.